The van der Waals surface area contributed by atoms with Gasteiger partial charge in [0, 0.05) is 5.71 Å². The lowest BCUT2D eigenvalue weighted by atomic mass is 10.3. The number of ether oxygens (including phenoxy) is 1. The van der Waals surface area contributed by atoms with Gasteiger partial charge in [0.25, 0.3) is 0 Å². The highest BCUT2D eigenvalue weighted by atomic mass is 32.1. The van der Waals surface area contributed by atoms with Crippen LogP contribution < -0.4 is 15.5 Å². The van der Waals surface area contributed by atoms with Crippen molar-refractivity contribution >= 4 is 28.7 Å². The molecule has 0 aliphatic carbocycles. The van der Waals surface area contributed by atoms with E-state index in [1.807, 2.05) is 38.1 Å². The van der Waals surface area contributed by atoms with Crippen LogP contribution in [0.3, 0.4) is 0 Å². The minimum atomic E-state index is 0.436. The molecule has 0 saturated carbocycles. The Morgan fingerprint density at radius 2 is 2.00 bits per heavy atom. The number of methoxy groups -OCH3 is 1. The van der Waals surface area contributed by atoms with Crippen LogP contribution >= 0.6 is 12.2 Å². The predicted molar refractivity (Wildman–Crippen MR) is 71.1 cm³/mol. The van der Waals surface area contributed by atoms with Crippen LogP contribution in [0.25, 0.3) is 0 Å². The maximum atomic E-state index is 5.19. The fourth-order valence-corrected chi connectivity index (χ4v) is 1.22. The van der Waals surface area contributed by atoms with Crippen LogP contribution in [-0.2, 0) is 0 Å². The zero-order valence-electron chi connectivity index (χ0n) is 9.57. The lowest BCUT2D eigenvalue weighted by Crippen LogP contribution is -2.24. The second-order valence-electron chi connectivity index (χ2n) is 3.33. The fourth-order valence-electron chi connectivity index (χ4n) is 1.06. The van der Waals surface area contributed by atoms with Gasteiger partial charge in [-0.1, -0.05) is 12.1 Å². The number of benzene rings is 1. The van der Waals surface area contributed by atoms with Crippen molar-refractivity contribution in [2.75, 3.05) is 12.4 Å². The van der Waals surface area contributed by atoms with E-state index >= 15 is 0 Å². The van der Waals surface area contributed by atoms with Gasteiger partial charge in [-0.25, -0.2) is 0 Å². The number of nitrogens with one attached hydrogen (secondary N) is 2. The van der Waals surface area contributed by atoms with Gasteiger partial charge in [0.1, 0.15) is 5.75 Å². The summed E-state index contributed by atoms with van der Waals surface area (Å²) in [6.07, 6.45) is 0. The van der Waals surface area contributed by atoms with Gasteiger partial charge in [-0.05, 0) is 38.2 Å². The summed E-state index contributed by atoms with van der Waals surface area (Å²) in [7, 11) is 1.62. The van der Waals surface area contributed by atoms with E-state index in [4.69, 9.17) is 17.0 Å². The number of hydrogen-bond donors (Lipinski definition) is 2. The number of hydrogen-bond acceptors (Lipinski definition) is 3. The van der Waals surface area contributed by atoms with Gasteiger partial charge in [-0.15, -0.1) is 0 Å². The number of para-hydroxylation sites is 2. The summed E-state index contributed by atoms with van der Waals surface area (Å²) in [5.74, 6) is 0.740. The van der Waals surface area contributed by atoms with Gasteiger partial charge in [0.05, 0.1) is 12.8 Å². The van der Waals surface area contributed by atoms with Crippen LogP contribution in [0.15, 0.2) is 29.4 Å². The van der Waals surface area contributed by atoms with E-state index in [1.54, 1.807) is 7.11 Å². The van der Waals surface area contributed by atoms with Gasteiger partial charge in [-0.3, -0.25) is 5.43 Å². The SMILES string of the molecule is COc1ccccc1NC(=S)NN=C(C)C. The van der Waals surface area contributed by atoms with E-state index in [0.717, 1.165) is 17.1 Å². The molecule has 0 aliphatic rings. The molecule has 16 heavy (non-hydrogen) atoms. The topological polar surface area (TPSA) is 45.6 Å². The van der Waals surface area contributed by atoms with Gasteiger partial charge in [0.15, 0.2) is 5.11 Å². The average Bonchev–Trinajstić information content (AvgIpc) is 2.27. The molecule has 0 spiro atoms. The molecular weight excluding hydrogens is 222 g/mol. The van der Waals surface area contributed by atoms with E-state index in [0.29, 0.717) is 5.11 Å². The molecule has 0 atom stereocenters. The minimum absolute atomic E-state index is 0.436. The first-order valence-corrected chi connectivity index (χ1v) is 5.25. The molecule has 0 bridgehead atoms. The Hall–Kier alpha value is -1.62. The van der Waals surface area contributed by atoms with E-state index in [9.17, 15) is 0 Å². The highest BCUT2D eigenvalue weighted by Crippen LogP contribution is 2.22. The molecule has 0 unspecified atom stereocenters. The summed E-state index contributed by atoms with van der Waals surface area (Å²) < 4.78 is 5.19. The molecule has 0 aliphatic heterocycles. The van der Waals surface area contributed by atoms with Crippen LogP contribution in [0, 0.1) is 0 Å². The molecule has 4 nitrogen and oxygen atoms in total. The largest absolute Gasteiger partial charge is 0.495 e. The third-order valence-corrected chi connectivity index (χ3v) is 1.93. The summed E-state index contributed by atoms with van der Waals surface area (Å²) in [6.45, 7) is 3.78. The van der Waals surface area contributed by atoms with E-state index < -0.39 is 0 Å². The molecule has 1 aromatic carbocycles. The van der Waals surface area contributed by atoms with Gasteiger partial charge >= 0.3 is 0 Å². The third-order valence-electron chi connectivity index (χ3n) is 1.74. The summed E-state index contributed by atoms with van der Waals surface area (Å²) in [6, 6.07) is 7.55. The second kappa shape index (κ2) is 6.07. The van der Waals surface area contributed by atoms with Crippen molar-refractivity contribution in [3.05, 3.63) is 24.3 Å². The molecule has 5 heteroatoms. The van der Waals surface area contributed by atoms with Crippen molar-refractivity contribution in [3.8, 4) is 5.75 Å². The lowest BCUT2D eigenvalue weighted by Gasteiger charge is -2.10. The van der Waals surface area contributed by atoms with Gasteiger partial charge in [0.2, 0.25) is 0 Å². The Balaban J connectivity index is 2.66. The maximum absolute atomic E-state index is 5.19. The molecule has 0 fully saturated rings. The second-order valence-corrected chi connectivity index (χ2v) is 3.73. The summed E-state index contributed by atoms with van der Waals surface area (Å²) in [4.78, 5) is 0. The van der Waals surface area contributed by atoms with Crippen molar-refractivity contribution in [2.45, 2.75) is 13.8 Å². The quantitative estimate of drug-likeness (QED) is 0.481. The molecule has 1 aromatic rings. The summed E-state index contributed by atoms with van der Waals surface area (Å²) in [5, 5.41) is 7.44. The molecule has 0 heterocycles. The van der Waals surface area contributed by atoms with Crippen molar-refractivity contribution in [2.24, 2.45) is 5.10 Å². The third kappa shape index (κ3) is 3.86. The van der Waals surface area contributed by atoms with Gasteiger partial charge in [-0.2, -0.15) is 5.10 Å². The Bertz CT molecular complexity index is 400. The average molecular weight is 237 g/mol. The van der Waals surface area contributed by atoms with Crippen LogP contribution in [0.2, 0.25) is 0 Å². The number of nitrogens with zero attached hydrogens (tertiary/aromatic N) is 1. The molecule has 86 valence electrons. The first kappa shape index (κ1) is 12.4. The van der Waals surface area contributed by atoms with Crippen LogP contribution in [-0.4, -0.2) is 17.9 Å². The number of rotatable bonds is 3. The zero-order valence-corrected chi connectivity index (χ0v) is 10.4. The first-order chi connectivity index (χ1) is 7.63. The normalized spacial score (nSPS) is 9.19. The number of thiocarbonyl (C=S) groups is 1. The Kier molecular flexibility index (Phi) is 4.72. The molecule has 2 N–H and O–H groups in total. The molecule has 0 saturated heterocycles. The van der Waals surface area contributed by atoms with Crippen LogP contribution in [0.1, 0.15) is 13.8 Å². The lowest BCUT2D eigenvalue weighted by molar-refractivity contribution is 0.417. The highest BCUT2D eigenvalue weighted by molar-refractivity contribution is 7.80. The maximum Gasteiger partial charge on any atom is 0.191 e. The van der Waals surface area contributed by atoms with E-state index in [1.165, 1.54) is 0 Å². The predicted octanol–water partition coefficient (Wildman–Crippen LogP) is 2.38. The molecule has 0 amide bonds. The molecule has 1 rings (SSSR count). The van der Waals surface area contributed by atoms with Crippen molar-refractivity contribution in [1.29, 1.82) is 0 Å². The molecular formula is C11H15N3OS. The zero-order chi connectivity index (χ0) is 12.0. The minimum Gasteiger partial charge on any atom is -0.495 e. The first-order valence-electron chi connectivity index (χ1n) is 4.84. The Morgan fingerprint density at radius 1 is 1.31 bits per heavy atom. The molecule has 0 aromatic heterocycles. The summed E-state index contributed by atoms with van der Waals surface area (Å²) in [5.41, 5.74) is 4.45. The smallest absolute Gasteiger partial charge is 0.191 e. The number of anilines is 1. The standard InChI is InChI=1S/C11H15N3OS/c1-8(2)13-14-11(16)12-9-6-4-5-7-10(9)15-3/h4-7H,1-3H3,(H2,12,14,16). The molecule has 0 radical (unpaired) electrons. The Morgan fingerprint density at radius 3 is 2.62 bits per heavy atom. The Labute approximate surface area is 101 Å². The summed E-state index contributed by atoms with van der Waals surface area (Å²) >= 11 is 5.08. The monoisotopic (exact) mass is 237 g/mol. The fraction of sp³-hybridized carbons (Fsp3) is 0.273. The van der Waals surface area contributed by atoms with Crippen LogP contribution in [0.5, 0.6) is 5.75 Å². The van der Waals surface area contributed by atoms with Crippen LogP contribution in [0.4, 0.5) is 5.69 Å². The van der Waals surface area contributed by atoms with E-state index in [2.05, 4.69) is 15.8 Å². The highest BCUT2D eigenvalue weighted by Gasteiger charge is 2.02. The van der Waals surface area contributed by atoms with Gasteiger partial charge < -0.3 is 10.1 Å². The number of hydrazone groups is 1. The van der Waals surface area contributed by atoms with Crippen molar-refractivity contribution in [3.63, 3.8) is 0 Å². The van der Waals surface area contributed by atoms with Crippen molar-refractivity contribution in [1.82, 2.24) is 5.43 Å². The van der Waals surface area contributed by atoms with Crippen molar-refractivity contribution < 1.29 is 4.74 Å². The van der Waals surface area contributed by atoms with E-state index in [-0.39, 0.29) is 0 Å².